The normalized spacial score (nSPS) is 27.4. The average Bonchev–Trinajstić information content (AvgIpc) is 2.86. The van der Waals surface area contributed by atoms with Crippen molar-refractivity contribution in [3.63, 3.8) is 0 Å². The molecule has 0 saturated heterocycles. The summed E-state index contributed by atoms with van der Waals surface area (Å²) in [6.07, 6.45) is 3.77. The largest absolute Gasteiger partial charge is 0.396 e. The number of nitrogens with two attached hydrogens (primary N) is 1. The minimum atomic E-state index is -0.0993. The highest BCUT2D eigenvalue weighted by molar-refractivity contribution is 5.97. The number of carbonyl (C=O) groups is 1. The highest BCUT2D eigenvalue weighted by Gasteiger charge is 2.31. The third-order valence-electron chi connectivity index (χ3n) is 4.16. The van der Waals surface area contributed by atoms with E-state index in [1.807, 2.05) is 6.92 Å². The first-order valence-corrected chi connectivity index (χ1v) is 6.66. The number of hydrogen-bond acceptors (Lipinski definition) is 3. The summed E-state index contributed by atoms with van der Waals surface area (Å²) in [6.45, 7) is 7.03. The number of nitrogens with zero attached hydrogens (tertiary/aromatic N) is 2. The van der Waals surface area contributed by atoms with Gasteiger partial charge in [-0.3, -0.25) is 9.48 Å². The second-order valence-electron chi connectivity index (χ2n) is 5.26. The van der Waals surface area contributed by atoms with E-state index in [9.17, 15) is 4.79 Å². The Hall–Kier alpha value is -1.52. The summed E-state index contributed by atoms with van der Waals surface area (Å²) in [6, 6.07) is 0.257. The zero-order chi connectivity index (χ0) is 13.3. The number of aromatic nitrogens is 2. The Kier molecular flexibility index (Phi) is 3.59. The summed E-state index contributed by atoms with van der Waals surface area (Å²) >= 11 is 0. The van der Waals surface area contributed by atoms with Gasteiger partial charge in [-0.15, -0.1) is 0 Å². The first kappa shape index (κ1) is 12.9. The Morgan fingerprint density at radius 3 is 2.83 bits per heavy atom. The minimum absolute atomic E-state index is 0.0993. The molecular formula is C13H22N4O. The van der Waals surface area contributed by atoms with Crippen LogP contribution in [0.1, 0.15) is 44.1 Å². The minimum Gasteiger partial charge on any atom is -0.396 e. The second kappa shape index (κ2) is 5.00. The van der Waals surface area contributed by atoms with E-state index in [4.69, 9.17) is 5.73 Å². The van der Waals surface area contributed by atoms with Crippen LogP contribution < -0.4 is 11.1 Å². The number of hydrogen-bond donors (Lipinski definition) is 2. The van der Waals surface area contributed by atoms with Crippen molar-refractivity contribution in [1.82, 2.24) is 15.1 Å². The fourth-order valence-electron chi connectivity index (χ4n) is 2.69. The Bertz CT molecular complexity index is 440. The lowest BCUT2D eigenvalue weighted by Crippen LogP contribution is -2.38. The number of amides is 1. The van der Waals surface area contributed by atoms with Gasteiger partial charge in [-0.1, -0.05) is 13.8 Å². The highest BCUT2D eigenvalue weighted by atomic mass is 16.2. The lowest BCUT2D eigenvalue weighted by Gasteiger charge is -2.20. The molecule has 1 aliphatic rings. The van der Waals surface area contributed by atoms with Gasteiger partial charge in [-0.2, -0.15) is 5.10 Å². The molecule has 3 unspecified atom stereocenters. The number of carbonyl (C=O) groups excluding carboxylic acids is 1. The summed E-state index contributed by atoms with van der Waals surface area (Å²) in [4.78, 5) is 12.3. The van der Waals surface area contributed by atoms with Crippen LogP contribution in [0.15, 0.2) is 6.20 Å². The summed E-state index contributed by atoms with van der Waals surface area (Å²) < 4.78 is 1.65. The van der Waals surface area contributed by atoms with Gasteiger partial charge < -0.3 is 11.1 Å². The van der Waals surface area contributed by atoms with E-state index < -0.39 is 0 Å². The van der Waals surface area contributed by atoms with Crippen LogP contribution in [0.3, 0.4) is 0 Å². The number of anilines is 1. The maximum Gasteiger partial charge on any atom is 0.271 e. The van der Waals surface area contributed by atoms with Gasteiger partial charge in [0.15, 0.2) is 0 Å². The van der Waals surface area contributed by atoms with Crippen LogP contribution >= 0.6 is 0 Å². The average molecular weight is 250 g/mol. The number of rotatable bonds is 3. The van der Waals surface area contributed by atoms with Gasteiger partial charge in [0, 0.05) is 12.6 Å². The van der Waals surface area contributed by atoms with Gasteiger partial charge in [-0.05, 0) is 31.6 Å². The maximum atomic E-state index is 12.3. The third kappa shape index (κ3) is 2.21. The molecule has 0 aromatic carbocycles. The van der Waals surface area contributed by atoms with Crippen molar-refractivity contribution in [3.8, 4) is 0 Å². The molecule has 3 atom stereocenters. The predicted molar refractivity (Wildman–Crippen MR) is 71.1 cm³/mol. The zero-order valence-corrected chi connectivity index (χ0v) is 11.3. The maximum absolute atomic E-state index is 12.3. The second-order valence-corrected chi connectivity index (χ2v) is 5.26. The van der Waals surface area contributed by atoms with Crippen molar-refractivity contribution in [1.29, 1.82) is 0 Å². The highest BCUT2D eigenvalue weighted by Crippen LogP contribution is 2.31. The molecule has 1 heterocycles. The molecule has 5 heteroatoms. The van der Waals surface area contributed by atoms with Gasteiger partial charge in [0.1, 0.15) is 5.69 Å². The molecule has 0 bridgehead atoms. The standard InChI is InChI=1S/C13H22N4O/c1-4-17-12(10(14)7-15-17)13(18)16-11-6-5-8(2)9(11)3/h7-9,11H,4-6,14H2,1-3H3,(H,16,18). The van der Waals surface area contributed by atoms with Crippen LogP contribution in [0.25, 0.3) is 0 Å². The number of aryl methyl sites for hydroxylation is 1. The fourth-order valence-corrected chi connectivity index (χ4v) is 2.69. The molecule has 0 aliphatic heterocycles. The van der Waals surface area contributed by atoms with E-state index in [2.05, 4.69) is 24.3 Å². The summed E-state index contributed by atoms with van der Waals surface area (Å²) in [5, 5.41) is 7.19. The Morgan fingerprint density at radius 1 is 1.56 bits per heavy atom. The van der Waals surface area contributed by atoms with E-state index >= 15 is 0 Å². The smallest absolute Gasteiger partial charge is 0.271 e. The van der Waals surface area contributed by atoms with Crippen LogP contribution in [0.4, 0.5) is 5.69 Å². The van der Waals surface area contributed by atoms with Gasteiger partial charge in [0.2, 0.25) is 0 Å². The molecule has 2 rings (SSSR count). The first-order chi connectivity index (χ1) is 8.54. The molecule has 5 nitrogen and oxygen atoms in total. The predicted octanol–water partition coefficient (Wildman–Crippen LogP) is 1.65. The fraction of sp³-hybridized carbons (Fsp3) is 0.692. The van der Waals surface area contributed by atoms with Gasteiger partial charge in [-0.25, -0.2) is 0 Å². The summed E-state index contributed by atoms with van der Waals surface area (Å²) in [7, 11) is 0. The van der Waals surface area contributed by atoms with E-state index in [1.165, 1.54) is 6.42 Å². The third-order valence-corrected chi connectivity index (χ3v) is 4.16. The molecule has 1 fully saturated rings. The lowest BCUT2D eigenvalue weighted by molar-refractivity contribution is 0.0917. The molecule has 0 radical (unpaired) electrons. The van der Waals surface area contributed by atoms with Gasteiger partial charge >= 0.3 is 0 Å². The van der Waals surface area contributed by atoms with Crippen LogP contribution in [-0.4, -0.2) is 21.7 Å². The molecule has 1 aliphatic carbocycles. The molecule has 18 heavy (non-hydrogen) atoms. The van der Waals surface area contributed by atoms with Crippen molar-refractivity contribution in [2.45, 2.75) is 46.2 Å². The SMILES string of the molecule is CCn1ncc(N)c1C(=O)NC1CCC(C)C1C. The molecule has 1 amide bonds. The van der Waals surface area contributed by atoms with Crippen LogP contribution in [0.2, 0.25) is 0 Å². The van der Waals surface area contributed by atoms with Crippen LogP contribution in [0, 0.1) is 11.8 Å². The Balaban J connectivity index is 2.10. The Labute approximate surface area is 108 Å². The van der Waals surface area contributed by atoms with E-state index in [0.29, 0.717) is 29.8 Å². The lowest BCUT2D eigenvalue weighted by atomic mass is 9.98. The number of nitrogen functional groups attached to an aromatic ring is 1. The van der Waals surface area contributed by atoms with Crippen molar-refractivity contribution < 1.29 is 4.79 Å². The summed E-state index contributed by atoms with van der Waals surface area (Å²) in [5.41, 5.74) is 6.75. The molecule has 0 spiro atoms. The van der Waals surface area contributed by atoms with E-state index in [0.717, 1.165) is 6.42 Å². The number of nitrogens with one attached hydrogen (secondary N) is 1. The van der Waals surface area contributed by atoms with Gasteiger partial charge in [0.05, 0.1) is 11.9 Å². The summed E-state index contributed by atoms with van der Waals surface area (Å²) in [5.74, 6) is 1.09. The van der Waals surface area contributed by atoms with Crippen molar-refractivity contribution in [2.75, 3.05) is 5.73 Å². The quantitative estimate of drug-likeness (QED) is 0.856. The zero-order valence-electron chi connectivity index (χ0n) is 11.3. The first-order valence-electron chi connectivity index (χ1n) is 6.66. The molecule has 1 aromatic rings. The Morgan fingerprint density at radius 2 is 2.28 bits per heavy atom. The van der Waals surface area contributed by atoms with E-state index in [-0.39, 0.29) is 11.9 Å². The molecule has 3 N–H and O–H groups in total. The monoisotopic (exact) mass is 250 g/mol. The van der Waals surface area contributed by atoms with Crippen LogP contribution in [0.5, 0.6) is 0 Å². The molecular weight excluding hydrogens is 228 g/mol. The van der Waals surface area contributed by atoms with Crippen molar-refractivity contribution >= 4 is 11.6 Å². The molecule has 100 valence electrons. The molecule has 1 aromatic heterocycles. The topological polar surface area (TPSA) is 72.9 Å². The van der Waals surface area contributed by atoms with E-state index in [1.54, 1.807) is 10.9 Å². The van der Waals surface area contributed by atoms with Crippen molar-refractivity contribution in [3.05, 3.63) is 11.9 Å². The van der Waals surface area contributed by atoms with Crippen molar-refractivity contribution in [2.24, 2.45) is 11.8 Å². The molecule has 1 saturated carbocycles. The van der Waals surface area contributed by atoms with Gasteiger partial charge in [0.25, 0.3) is 5.91 Å². The van der Waals surface area contributed by atoms with Crippen LogP contribution in [-0.2, 0) is 6.54 Å².